The number of benzene rings is 3. The van der Waals surface area contributed by atoms with Crippen molar-refractivity contribution in [2.45, 2.75) is 5.54 Å². The van der Waals surface area contributed by atoms with Crippen molar-refractivity contribution in [3.8, 4) is 6.07 Å². The predicted molar refractivity (Wildman–Crippen MR) is 115 cm³/mol. The maximum atomic E-state index is 9.25. The molecular formula is C25H18N4. The molecule has 0 fully saturated rings. The minimum atomic E-state index is -0.504. The minimum absolute atomic E-state index is 0.504. The molecule has 29 heavy (non-hydrogen) atoms. The Bertz CT molecular complexity index is 1270. The normalized spacial score (nSPS) is 18.1. The van der Waals surface area contributed by atoms with Gasteiger partial charge in [0, 0.05) is 23.5 Å². The van der Waals surface area contributed by atoms with Crippen LogP contribution in [0.25, 0.3) is 10.8 Å². The fourth-order valence-corrected chi connectivity index (χ4v) is 3.94. The lowest BCUT2D eigenvalue weighted by atomic mass is 9.83. The van der Waals surface area contributed by atoms with Crippen LogP contribution in [0.15, 0.2) is 96.2 Å². The summed E-state index contributed by atoms with van der Waals surface area (Å²) in [5.74, 6) is 0.791. The zero-order valence-electron chi connectivity index (χ0n) is 15.7. The van der Waals surface area contributed by atoms with E-state index in [0.717, 1.165) is 22.5 Å². The van der Waals surface area contributed by atoms with Gasteiger partial charge in [-0.2, -0.15) is 5.26 Å². The fourth-order valence-electron chi connectivity index (χ4n) is 3.94. The molecule has 5 rings (SSSR count). The number of rotatable bonds is 3. The van der Waals surface area contributed by atoms with Crippen molar-refractivity contribution >= 4 is 16.6 Å². The molecule has 1 aliphatic rings. The van der Waals surface area contributed by atoms with E-state index in [1.165, 1.54) is 10.8 Å². The summed E-state index contributed by atoms with van der Waals surface area (Å²) in [5, 5.41) is 15.3. The van der Waals surface area contributed by atoms with Crippen LogP contribution in [0.1, 0.15) is 22.3 Å². The molecular weight excluding hydrogens is 356 g/mol. The third-order valence-corrected chi connectivity index (χ3v) is 5.47. The highest BCUT2D eigenvalue weighted by Crippen LogP contribution is 2.35. The monoisotopic (exact) mass is 374 g/mol. The molecule has 0 bridgehead atoms. The lowest BCUT2D eigenvalue weighted by molar-refractivity contribution is 0.523. The molecule has 1 aromatic heterocycles. The van der Waals surface area contributed by atoms with E-state index in [9.17, 15) is 5.26 Å². The molecule has 3 aromatic carbocycles. The Morgan fingerprint density at radius 3 is 2.59 bits per heavy atom. The molecule has 4 aromatic rings. The van der Waals surface area contributed by atoms with Gasteiger partial charge in [-0.1, -0.05) is 54.6 Å². The number of aromatic nitrogens is 1. The first-order valence-electron chi connectivity index (χ1n) is 9.51. The first-order valence-corrected chi connectivity index (χ1v) is 9.51. The molecule has 4 nitrogen and oxygen atoms in total. The summed E-state index contributed by atoms with van der Waals surface area (Å²) in [7, 11) is 0. The van der Waals surface area contributed by atoms with Crippen molar-refractivity contribution in [1.82, 2.24) is 10.3 Å². The number of nitrogens with zero attached hydrogens (tertiary/aromatic N) is 3. The lowest BCUT2D eigenvalue weighted by Gasteiger charge is -2.31. The van der Waals surface area contributed by atoms with Crippen LogP contribution in [0.3, 0.4) is 0 Å². The molecule has 0 spiro atoms. The molecule has 138 valence electrons. The number of hydrogen-bond acceptors (Lipinski definition) is 4. The Labute approximate surface area is 169 Å². The van der Waals surface area contributed by atoms with E-state index in [-0.39, 0.29) is 0 Å². The topological polar surface area (TPSA) is 61.1 Å². The van der Waals surface area contributed by atoms with Crippen molar-refractivity contribution in [2.75, 3.05) is 6.54 Å². The number of aliphatic imine (C=N–C) groups is 1. The fraction of sp³-hybridized carbons (Fsp3) is 0.0800. The van der Waals surface area contributed by atoms with Crippen LogP contribution in [0, 0.1) is 11.3 Å². The smallest absolute Gasteiger partial charge is 0.129 e. The van der Waals surface area contributed by atoms with Crippen molar-refractivity contribution in [1.29, 1.82) is 5.26 Å². The Morgan fingerprint density at radius 2 is 1.76 bits per heavy atom. The molecule has 1 N–H and O–H groups in total. The van der Waals surface area contributed by atoms with Gasteiger partial charge in [0.2, 0.25) is 0 Å². The zero-order chi connectivity index (χ0) is 19.7. The number of nitrogens with one attached hydrogen (secondary N) is 1. The van der Waals surface area contributed by atoms with Crippen LogP contribution in [-0.2, 0) is 5.54 Å². The standard InChI is InChI=1S/C25H18N4/c26-15-18-5-3-8-21(13-18)24-28-17-25(29-24,23-9-4-12-27-16-23)22-11-10-19-6-1-2-7-20(19)14-22/h1-14,16H,17H2,(H,28,29). The third kappa shape index (κ3) is 2.94. The van der Waals surface area contributed by atoms with Crippen molar-refractivity contribution in [2.24, 2.45) is 4.99 Å². The summed E-state index contributed by atoms with van der Waals surface area (Å²) in [5.41, 5.74) is 3.23. The van der Waals surface area contributed by atoms with Gasteiger partial charge in [-0.3, -0.25) is 9.98 Å². The minimum Gasteiger partial charge on any atom is -0.355 e. The summed E-state index contributed by atoms with van der Waals surface area (Å²) in [6.45, 7) is 0.559. The Balaban J connectivity index is 1.62. The molecule has 0 radical (unpaired) electrons. The Morgan fingerprint density at radius 1 is 0.862 bits per heavy atom. The zero-order valence-corrected chi connectivity index (χ0v) is 15.7. The summed E-state index contributed by atoms with van der Waals surface area (Å²) in [6.07, 6.45) is 3.68. The molecule has 1 atom stereocenters. The second-order valence-electron chi connectivity index (χ2n) is 7.19. The number of nitriles is 1. The lowest BCUT2D eigenvalue weighted by Crippen LogP contribution is -2.44. The first-order chi connectivity index (χ1) is 14.3. The SMILES string of the molecule is N#Cc1cccc(C2=NCC(c3cccnc3)(c3ccc4ccccc4c3)N2)c1. The number of hydrogen-bond donors (Lipinski definition) is 1. The van der Waals surface area contributed by atoms with Gasteiger partial charge in [-0.05, 0) is 40.6 Å². The summed E-state index contributed by atoms with van der Waals surface area (Å²) >= 11 is 0. The Kier molecular flexibility index (Phi) is 4.07. The van der Waals surface area contributed by atoms with E-state index in [2.05, 4.69) is 64.9 Å². The number of amidine groups is 1. The first kappa shape index (κ1) is 17.2. The van der Waals surface area contributed by atoms with Gasteiger partial charge in [0.05, 0.1) is 18.2 Å². The third-order valence-electron chi connectivity index (χ3n) is 5.47. The van der Waals surface area contributed by atoms with Gasteiger partial charge in [-0.25, -0.2) is 0 Å². The Hall–Kier alpha value is -3.97. The van der Waals surface area contributed by atoms with Crippen molar-refractivity contribution < 1.29 is 0 Å². The average molecular weight is 374 g/mol. The summed E-state index contributed by atoms with van der Waals surface area (Å²) in [4.78, 5) is 9.19. The molecule has 1 aliphatic heterocycles. The number of fused-ring (bicyclic) bond motifs is 1. The average Bonchev–Trinajstić information content (AvgIpc) is 3.26. The highest BCUT2D eigenvalue weighted by molar-refractivity contribution is 6.01. The van der Waals surface area contributed by atoms with Gasteiger partial charge >= 0.3 is 0 Å². The van der Waals surface area contributed by atoms with E-state index >= 15 is 0 Å². The second kappa shape index (κ2) is 6.88. The van der Waals surface area contributed by atoms with Gasteiger partial charge in [0.1, 0.15) is 11.4 Å². The van der Waals surface area contributed by atoms with Crippen LogP contribution in [0.5, 0.6) is 0 Å². The van der Waals surface area contributed by atoms with E-state index in [0.29, 0.717) is 12.1 Å². The van der Waals surface area contributed by atoms with E-state index in [4.69, 9.17) is 4.99 Å². The molecule has 0 saturated carbocycles. The van der Waals surface area contributed by atoms with E-state index in [1.54, 1.807) is 12.3 Å². The van der Waals surface area contributed by atoms with Crippen LogP contribution in [0.2, 0.25) is 0 Å². The van der Waals surface area contributed by atoms with Gasteiger partial charge < -0.3 is 5.32 Å². The van der Waals surface area contributed by atoms with Crippen molar-refractivity contribution in [3.63, 3.8) is 0 Å². The largest absolute Gasteiger partial charge is 0.355 e. The molecule has 0 amide bonds. The van der Waals surface area contributed by atoms with Crippen LogP contribution in [0.4, 0.5) is 0 Å². The summed E-state index contributed by atoms with van der Waals surface area (Å²) in [6, 6.07) is 28.7. The van der Waals surface area contributed by atoms with Crippen LogP contribution < -0.4 is 5.32 Å². The molecule has 1 unspecified atom stereocenters. The van der Waals surface area contributed by atoms with Crippen LogP contribution in [-0.4, -0.2) is 17.4 Å². The van der Waals surface area contributed by atoms with E-state index in [1.807, 2.05) is 30.5 Å². The van der Waals surface area contributed by atoms with Crippen molar-refractivity contribution in [3.05, 3.63) is 114 Å². The van der Waals surface area contributed by atoms with Crippen LogP contribution >= 0.6 is 0 Å². The second-order valence-corrected chi connectivity index (χ2v) is 7.19. The maximum absolute atomic E-state index is 9.25. The van der Waals surface area contributed by atoms with Gasteiger partial charge in [-0.15, -0.1) is 0 Å². The molecule has 0 saturated heterocycles. The summed E-state index contributed by atoms with van der Waals surface area (Å²) < 4.78 is 0. The predicted octanol–water partition coefficient (Wildman–Crippen LogP) is 4.40. The van der Waals surface area contributed by atoms with Gasteiger partial charge in [0.15, 0.2) is 0 Å². The quantitative estimate of drug-likeness (QED) is 0.578. The highest BCUT2D eigenvalue weighted by atomic mass is 15.1. The van der Waals surface area contributed by atoms with Gasteiger partial charge in [0.25, 0.3) is 0 Å². The molecule has 2 heterocycles. The van der Waals surface area contributed by atoms with E-state index < -0.39 is 5.54 Å². The maximum Gasteiger partial charge on any atom is 0.129 e. The molecule has 4 heteroatoms. The highest BCUT2D eigenvalue weighted by Gasteiger charge is 2.39. The number of pyridine rings is 1. The molecule has 0 aliphatic carbocycles.